The van der Waals surface area contributed by atoms with Crippen LogP contribution in [0.1, 0.15) is 37.9 Å². The molecular weight excluding hydrogens is 198 g/mol. The summed E-state index contributed by atoms with van der Waals surface area (Å²) in [5.41, 5.74) is 9.23. The van der Waals surface area contributed by atoms with Gasteiger partial charge in [-0.15, -0.1) is 0 Å². The number of hydrogen-bond donors (Lipinski definition) is 1. The number of anilines is 1. The molecule has 0 aliphatic carbocycles. The summed E-state index contributed by atoms with van der Waals surface area (Å²) >= 11 is 0. The smallest absolute Gasteiger partial charge is 0.0445 e. The second-order valence-electron chi connectivity index (χ2n) is 4.15. The van der Waals surface area contributed by atoms with E-state index in [0.717, 1.165) is 37.2 Å². The molecule has 1 heterocycles. The van der Waals surface area contributed by atoms with Gasteiger partial charge in [0.15, 0.2) is 0 Å². The van der Waals surface area contributed by atoms with Crippen LogP contribution in [-0.4, -0.2) is 18.1 Å². The predicted octanol–water partition coefficient (Wildman–Crippen LogP) is 2.48. The van der Waals surface area contributed by atoms with Crippen molar-refractivity contribution in [1.82, 2.24) is 4.98 Å². The first-order valence-electron chi connectivity index (χ1n) is 6.13. The van der Waals surface area contributed by atoms with Gasteiger partial charge in [-0.3, -0.25) is 4.98 Å². The van der Waals surface area contributed by atoms with E-state index in [1.165, 1.54) is 5.69 Å². The fraction of sp³-hybridized carbons (Fsp3) is 0.615. The van der Waals surface area contributed by atoms with Crippen LogP contribution in [0, 0.1) is 6.92 Å². The zero-order valence-electron chi connectivity index (χ0n) is 10.7. The van der Waals surface area contributed by atoms with Crippen molar-refractivity contribution in [3.63, 3.8) is 0 Å². The number of aryl methyl sites for hydroxylation is 1. The maximum atomic E-state index is 5.76. The molecule has 2 N–H and O–H groups in total. The Bertz CT molecular complexity index is 317. The molecule has 0 aliphatic rings. The maximum absolute atomic E-state index is 5.76. The summed E-state index contributed by atoms with van der Waals surface area (Å²) in [5, 5.41) is 0. The Morgan fingerprint density at radius 2 is 1.88 bits per heavy atom. The second kappa shape index (κ2) is 6.48. The Balaban J connectivity index is 3.00. The van der Waals surface area contributed by atoms with Crippen LogP contribution in [0.5, 0.6) is 0 Å². The lowest BCUT2D eigenvalue weighted by Crippen LogP contribution is -2.26. The van der Waals surface area contributed by atoms with Gasteiger partial charge in [-0.2, -0.15) is 0 Å². The Hall–Kier alpha value is -1.09. The lowest BCUT2D eigenvalue weighted by atomic mass is 10.1. The highest BCUT2D eigenvalue weighted by molar-refractivity contribution is 5.53. The van der Waals surface area contributed by atoms with Gasteiger partial charge in [0.1, 0.15) is 0 Å². The molecule has 0 aromatic carbocycles. The largest absolute Gasteiger partial charge is 0.371 e. The van der Waals surface area contributed by atoms with Crippen molar-refractivity contribution in [2.24, 2.45) is 5.73 Å². The third-order valence-corrected chi connectivity index (χ3v) is 2.65. The molecular formula is C13H23N3. The van der Waals surface area contributed by atoms with E-state index in [1.807, 2.05) is 13.1 Å². The summed E-state index contributed by atoms with van der Waals surface area (Å²) in [5.74, 6) is 0. The SMILES string of the molecule is CCCN(CCC)c1cc(C)ncc1CN. The monoisotopic (exact) mass is 221 g/mol. The number of pyridine rings is 1. The van der Waals surface area contributed by atoms with E-state index in [9.17, 15) is 0 Å². The molecule has 0 bridgehead atoms. The highest BCUT2D eigenvalue weighted by atomic mass is 15.1. The minimum Gasteiger partial charge on any atom is -0.371 e. The summed E-state index contributed by atoms with van der Waals surface area (Å²) in [6.45, 7) is 9.18. The van der Waals surface area contributed by atoms with E-state index in [2.05, 4.69) is 29.8 Å². The summed E-state index contributed by atoms with van der Waals surface area (Å²) in [4.78, 5) is 6.72. The number of rotatable bonds is 6. The van der Waals surface area contributed by atoms with Gasteiger partial charge >= 0.3 is 0 Å². The lowest BCUT2D eigenvalue weighted by Gasteiger charge is -2.26. The molecule has 0 radical (unpaired) electrons. The van der Waals surface area contributed by atoms with Gasteiger partial charge in [0, 0.05) is 42.8 Å². The van der Waals surface area contributed by atoms with E-state index in [1.54, 1.807) is 0 Å². The quantitative estimate of drug-likeness (QED) is 0.802. The average molecular weight is 221 g/mol. The topological polar surface area (TPSA) is 42.2 Å². The minimum atomic E-state index is 0.562. The van der Waals surface area contributed by atoms with Crippen LogP contribution in [-0.2, 0) is 6.54 Å². The first-order valence-corrected chi connectivity index (χ1v) is 6.13. The zero-order chi connectivity index (χ0) is 12.0. The van der Waals surface area contributed by atoms with E-state index in [-0.39, 0.29) is 0 Å². The molecule has 3 nitrogen and oxygen atoms in total. The Kier molecular flexibility index (Phi) is 5.26. The Morgan fingerprint density at radius 1 is 1.25 bits per heavy atom. The molecule has 1 aromatic rings. The summed E-state index contributed by atoms with van der Waals surface area (Å²) in [6, 6.07) is 2.15. The predicted molar refractivity (Wildman–Crippen MR) is 69.7 cm³/mol. The van der Waals surface area contributed by atoms with Crippen molar-refractivity contribution < 1.29 is 0 Å². The molecule has 0 saturated carbocycles. The van der Waals surface area contributed by atoms with Gasteiger partial charge in [0.05, 0.1) is 0 Å². The van der Waals surface area contributed by atoms with Gasteiger partial charge < -0.3 is 10.6 Å². The molecule has 0 fully saturated rings. The Labute approximate surface area is 98.7 Å². The lowest BCUT2D eigenvalue weighted by molar-refractivity contribution is 0.738. The molecule has 1 aromatic heterocycles. The van der Waals surface area contributed by atoms with Crippen molar-refractivity contribution in [3.05, 3.63) is 23.5 Å². The number of hydrogen-bond acceptors (Lipinski definition) is 3. The van der Waals surface area contributed by atoms with Crippen LogP contribution in [0.2, 0.25) is 0 Å². The molecule has 3 heteroatoms. The highest BCUT2D eigenvalue weighted by Crippen LogP contribution is 2.21. The Morgan fingerprint density at radius 3 is 2.38 bits per heavy atom. The van der Waals surface area contributed by atoms with Crippen LogP contribution < -0.4 is 10.6 Å². The van der Waals surface area contributed by atoms with Crippen LogP contribution in [0.15, 0.2) is 12.3 Å². The van der Waals surface area contributed by atoms with E-state index in [4.69, 9.17) is 5.73 Å². The van der Waals surface area contributed by atoms with Crippen molar-refractivity contribution in [2.45, 2.75) is 40.2 Å². The molecule has 0 spiro atoms. The van der Waals surface area contributed by atoms with Gasteiger partial charge in [0.2, 0.25) is 0 Å². The maximum Gasteiger partial charge on any atom is 0.0445 e. The van der Waals surface area contributed by atoms with Crippen LogP contribution in [0.3, 0.4) is 0 Å². The summed E-state index contributed by atoms with van der Waals surface area (Å²) < 4.78 is 0. The van der Waals surface area contributed by atoms with E-state index < -0.39 is 0 Å². The van der Waals surface area contributed by atoms with E-state index in [0.29, 0.717) is 6.54 Å². The summed E-state index contributed by atoms with van der Waals surface area (Å²) in [7, 11) is 0. The number of nitrogens with zero attached hydrogens (tertiary/aromatic N) is 2. The molecule has 90 valence electrons. The molecule has 1 rings (SSSR count). The standard InChI is InChI=1S/C13H23N3/c1-4-6-16(7-5-2)13-8-11(3)15-10-12(13)9-14/h8,10H,4-7,9,14H2,1-3H3. The fourth-order valence-corrected chi connectivity index (χ4v) is 1.92. The van der Waals surface area contributed by atoms with Crippen molar-refractivity contribution >= 4 is 5.69 Å². The molecule has 0 atom stereocenters. The first-order chi connectivity index (χ1) is 7.72. The van der Waals surface area contributed by atoms with Crippen LogP contribution in [0.25, 0.3) is 0 Å². The molecule has 0 amide bonds. The van der Waals surface area contributed by atoms with Crippen molar-refractivity contribution in [1.29, 1.82) is 0 Å². The van der Waals surface area contributed by atoms with Gasteiger partial charge in [-0.25, -0.2) is 0 Å². The average Bonchev–Trinajstić information content (AvgIpc) is 2.29. The van der Waals surface area contributed by atoms with Crippen LogP contribution in [0.4, 0.5) is 5.69 Å². The normalized spacial score (nSPS) is 10.5. The van der Waals surface area contributed by atoms with Gasteiger partial charge in [0.25, 0.3) is 0 Å². The number of aromatic nitrogens is 1. The fourth-order valence-electron chi connectivity index (χ4n) is 1.92. The first kappa shape index (κ1) is 13.0. The highest BCUT2D eigenvalue weighted by Gasteiger charge is 2.09. The second-order valence-corrected chi connectivity index (χ2v) is 4.15. The summed E-state index contributed by atoms with van der Waals surface area (Å²) in [6.07, 6.45) is 4.22. The zero-order valence-corrected chi connectivity index (χ0v) is 10.7. The molecule has 0 unspecified atom stereocenters. The van der Waals surface area contributed by atoms with E-state index >= 15 is 0 Å². The molecule has 0 saturated heterocycles. The minimum absolute atomic E-state index is 0.562. The third kappa shape index (κ3) is 3.20. The van der Waals surface area contributed by atoms with Gasteiger partial charge in [-0.05, 0) is 25.8 Å². The number of nitrogens with two attached hydrogens (primary N) is 1. The third-order valence-electron chi connectivity index (χ3n) is 2.65. The van der Waals surface area contributed by atoms with Crippen molar-refractivity contribution in [3.8, 4) is 0 Å². The van der Waals surface area contributed by atoms with Crippen LogP contribution >= 0.6 is 0 Å². The van der Waals surface area contributed by atoms with Crippen molar-refractivity contribution in [2.75, 3.05) is 18.0 Å². The van der Waals surface area contributed by atoms with Gasteiger partial charge in [-0.1, -0.05) is 13.8 Å². The molecule has 0 aliphatic heterocycles. The molecule has 16 heavy (non-hydrogen) atoms.